The fourth-order valence-electron chi connectivity index (χ4n) is 3.55. The minimum Gasteiger partial charge on any atom is -0.493 e. The zero-order valence-corrected chi connectivity index (χ0v) is 17.2. The summed E-state index contributed by atoms with van der Waals surface area (Å²) in [5.74, 6) is 0.645. The van der Waals surface area contributed by atoms with Crippen LogP contribution in [0, 0.1) is 5.92 Å². The van der Waals surface area contributed by atoms with Gasteiger partial charge in [0.15, 0.2) is 11.5 Å². The van der Waals surface area contributed by atoms with Gasteiger partial charge in [-0.3, -0.25) is 9.59 Å². The van der Waals surface area contributed by atoms with Crippen LogP contribution in [-0.2, 0) is 12.8 Å². The van der Waals surface area contributed by atoms with Crippen LogP contribution in [0.1, 0.15) is 44.5 Å². The molecule has 8 heteroatoms. The second-order valence-electron chi connectivity index (χ2n) is 6.76. The minimum atomic E-state index is -0.526. The first-order valence-electron chi connectivity index (χ1n) is 8.95. The number of ether oxygens (including phenoxy) is 3. The first-order chi connectivity index (χ1) is 13.4. The van der Waals surface area contributed by atoms with Gasteiger partial charge in [-0.15, -0.1) is 11.3 Å². The van der Waals surface area contributed by atoms with Crippen LogP contribution < -0.4 is 25.3 Å². The number of nitrogens with one attached hydrogen (secondary N) is 1. The quantitative estimate of drug-likeness (QED) is 0.770. The van der Waals surface area contributed by atoms with Crippen molar-refractivity contribution in [1.82, 2.24) is 0 Å². The summed E-state index contributed by atoms with van der Waals surface area (Å²) in [4.78, 5) is 26.2. The van der Waals surface area contributed by atoms with Crippen LogP contribution in [0.5, 0.6) is 17.2 Å². The lowest BCUT2D eigenvalue weighted by Gasteiger charge is -2.18. The number of carbonyl (C=O) groups is 2. The zero-order valence-electron chi connectivity index (χ0n) is 16.4. The highest BCUT2D eigenvalue weighted by Crippen LogP contribution is 2.42. The summed E-state index contributed by atoms with van der Waals surface area (Å²) in [5.41, 5.74) is 7.28. The van der Waals surface area contributed by atoms with Crippen LogP contribution in [0.15, 0.2) is 12.1 Å². The van der Waals surface area contributed by atoms with Crippen LogP contribution >= 0.6 is 11.3 Å². The maximum absolute atomic E-state index is 13.0. The Kier molecular flexibility index (Phi) is 5.79. The van der Waals surface area contributed by atoms with Gasteiger partial charge < -0.3 is 25.3 Å². The molecule has 1 aliphatic carbocycles. The summed E-state index contributed by atoms with van der Waals surface area (Å²) in [7, 11) is 4.43. The first kappa shape index (κ1) is 20.0. The lowest BCUT2D eigenvalue weighted by Crippen LogP contribution is -2.19. The van der Waals surface area contributed by atoms with E-state index in [2.05, 4.69) is 12.2 Å². The molecule has 1 aromatic heterocycles. The Morgan fingerprint density at radius 3 is 2.46 bits per heavy atom. The summed E-state index contributed by atoms with van der Waals surface area (Å²) in [6.45, 7) is 2.18. The fraction of sp³-hybridized carbons (Fsp3) is 0.400. The molecule has 0 spiro atoms. The van der Waals surface area contributed by atoms with Crippen LogP contribution in [0.3, 0.4) is 0 Å². The number of carbonyl (C=O) groups excluding carboxylic acids is 2. The molecule has 3 rings (SSSR count). The van der Waals surface area contributed by atoms with E-state index < -0.39 is 11.8 Å². The molecule has 0 fully saturated rings. The van der Waals surface area contributed by atoms with Gasteiger partial charge in [-0.1, -0.05) is 6.92 Å². The predicted octanol–water partition coefficient (Wildman–Crippen LogP) is 3.25. The van der Waals surface area contributed by atoms with E-state index in [4.69, 9.17) is 19.9 Å². The molecule has 1 heterocycles. The van der Waals surface area contributed by atoms with E-state index in [0.717, 1.165) is 29.7 Å². The van der Waals surface area contributed by atoms with Gasteiger partial charge >= 0.3 is 0 Å². The highest BCUT2D eigenvalue weighted by molar-refractivity contribution is 7.17. The maximum atomic E-state index is 13.0. The summed E-state index contributed by atoms with van der Waals surface area (Å²) in [6, 6.07) is 3.22. The molecule has 7 nitrogen and oxygen atoms in total. The molecule has 0 bridgehead atoms. The summed E-state index contributed by atoms with van der Waals surface area (Å²) in [5, 5.41) is 3.33. The minimum absolute atomic E-state index is 0.259. The molecule has 150 valence electrons. The number of anilines is 1. The number of fused-ring (bicyclic) bond motifs is 1. The summed E-state index contributed by atoms with van der Waals surface area (Å²) in [6.07, 6.45) is 2.68. The molecular formula is C20H24N2O5S. The van der Waals surface area contributed by atoms with E-state index in [1.54, 1.807) is 12.1 Å². The largest absolute Gasteiger partial charge is 0.493 e. The first-order valence-corrected chi connectivity index (χ1v) is 9.77. The molecule has 2 amide bonds. The van der Waals surface area contributed by atoms with Crippen molar-refractivity contribution in [3.05, 3.63) is 33.7 Å². The molecule has 3 N–H and O–H groups in total. The Morgan fingerprint density at radius 2 is 1.86 bits per heavy atom. The topological polar surface area (TPSA) is 99.9 Å². The van der Waals surface area contributed by atoms with Gasteiger partial charge in [-0.2, -0.15) is 0 Å². The number of primary amides is 1. The Labute approximate surface area is 167 Å². The van der Waals surface area contributed by atoms with Gasteiger partial charge in [-0.05, 0) is 42.9 Å². The average Bonchev–Trinajstić information content (AvgIpc) is 3.03. The van der Waals surface area contributed by atoms with Crippen LogP contribution in [0.2, 0.25) is 0 Å². The van der Waals surface area contributed by atoms with Crippen molar-refractivity contribution in [3.8, 4) is 17.2 Å². The monoisotopic (exact) mass is 404 g/mol. The molecule has 0 saturated heterocycles. The normalized spacial score (nSPS) is 15.5. The molecule has 28 heavy (non-hydrogen) atoms. The molecule has 1 aliphatic rings. The molecule has 1 atom stereocenters. The Hall–Kier alpha value is -2.74. The highest BCUT2D eigenvalue weighted by atomic mass is 32.1. The number of hydrogen-bond donors (Lipinski definition) is 2. The third-order valence-corrected chi connectivity index (χ3v) is 6.10. The number of nitrogens with two attached hydrogens (primary N) is 1. The molecule has 0 saturated carbocycles. The van der Waals surface area contributed by atoms with E-state index in [0.29, 0.717) is 28.0 Å². The number of amides is 2. The van der Waals surface area contributed by atoms with Gasteiger partial charge in [0.05, 0.1) is 32.5 Å². The third-order valence-electron chi connectivity index (χ3n) is 4.93. The lowest BCUT2D eigenvalue weighted by molar-refractivity contribution is 0.1000. The van der Waals surface area contributed by atoms with Gasteiger partial charge in [0.1, 0.15) is 5.00 Å². The molecular weight excluding hydrogens is 380 g/mol. The number of methoxy groups -OCH3 is 3. The van der Waals surface area contributed by atoms with E-state index in [9.17, 15) is 9.59 Å². The fourth-order valence-corrected chi connectivity index (χ4v) is 4.96. The Balaban J connectivity index is 1.99. The van der Waals surface area contributed by atoms with E-state index in [-0.39, 0.29) is 11.3 Å². The van der Waals surface area contributed by atoms with Crippen molar-refractivity contribution < 1.29 is 23.8 Å². The van der Waals surface area contributed by atoms with E-state index >= 15 is 0 Å². The van der Waals surface area contributed by atoms with E-state index in [1.165, 1.54) is 32.7 Å². The van der Waals surface area contributed by atoms with Crippen molar-refractivity contribution in [3.63, 3.8) is 0 Å². The molecule has 1 aromatic carbocycles. The van der Waals surface area contributed by atoms with Gasteiger partial charge in [0.2, 0.25) is 5.75 Å². The molecule has 0 aliphatic heterocycles. The molecule has 1 unspecified atom stereocenters. The van der Waals surface area contributed by atoms with Gasteiger partial charge in [0, 0.05) is 4.88 Å². The second-order valence-corrected chi connectivity index (χ2v) is 7.86. The summed E-state index contributed by atoms with van der Waals surface area (Å²) >= 11 is 1.42. The van der Waals surface area contributed by atoms with Crippen molar-refractivity contribution >= 4 is 28.2 Å². The molecule has 2 aromatic rings. The smallest absolute Gasteiger partial charge is 0.260 e. The number of benzene rings is 1. The highest BCUT2D eigenvalue weighted by Gasteiger charge is 2.28. The number of hydrogen-bond acceptors (Lipinski definition) is 6. The van der Waals surface area contributed by atoms with Gasteiger partial charge in [-0.25, -0.2) is 0 Å². The van der Waals surface area contributed by atoms with Crippen LogP contribution in [-0.4, -0.2) is 33.1 Å². The maximum Gasteiger partial charge on any atom is 0.260 e. The van der Waals surface area contributed by atoms with Crippen LogP contribution in [0.25, 0.3) is 0 Å². The predicted molar refractivity (Wildman–Crippen MR) is 108 cm³/mol. The van der Waals surface area contributed by atoms with Crippen molar-refractivity contribution in [1.29, 1.82) is 0 Å². The van der Waals surface area contributed by atoms with Crippen molar-refractivity contribution in [2.45, 2.75) is 26.2 Å². The van der Waals surface area contributed by atoms with Crippen LogP contribution in [0.4, 0.5) is 5.00 Å². The SMILES string of the molecule is COc1ccc(C(=O)Nc2sc3c(c2C(N)=O)CCC(C)C3)c(OC)c1OC. The Bertz CT molecular complexity index is 922. The van der Waals surface area contributed by atoms with E-state index in [1.807, 2.05) is 0 Å². The Morgan fingerprint density at radius 1 is 1.14 bits per heavy atom. The average molecular weight is 404 g/mol. The molecule has 0 radical (unpaired) electrons. The zero-order chi connectivity index (χ0) is 20.4. The number of rotatable bonds is 6. The number of thiophene rings is 1. The van der Waals surface area contributed by atoms with Gasteiger partial charge in [0.25, 0.3) is 11.8 Å². The van der Waals surface area contributed by atoms with Crippen molar-refractivity contribution in [2.75, 3.05) is 26.6 Å². The summed E-state index contributed by atoms with van der Waals surface area (Å²) < 4.78 is 16.0. The van der Waals surface area contributed by atoms with Crippen molar-refractivity contribution in [2.24, 2.45) is 11.7 Å². The third kappa shape index (κ3) is 3.52. The second kappa shape index (κ2) is 8.10. The standard InChI is InChI=1S/C20H24N2O5S/c1-10-5-6-11-14(9-10)28-20(15(11)18(21)23)22-19(24)12-7-8-13(25-2)17(27-4)16(12)26-3/h7-8,10H,5-6,9H2,1-4H3,(H2,21,23)(H,22,24). The lowest BCUT2D eigenvalue weighted by atomic mass is 9.88.